The average molecular weight is 283 g/mol. The number of methoxy groups -OCH3 is 1. The highest BCUT2D eigenvalue weighted by Gasteiger charge is 2.09. The van der Waals surface area contributed by atoms with Crippen LogP contribution in [-0.2, 0) is 13.1 Å². The highest BCUT2D eigenvalue weighted by molar-refractivity contribution is 5.75. The normalized spacial score (nSPS) is 10.7. The molecule has 0 saturated carbocycles. The van der Waals surface area contributed by atoms with Gasteiger partial charge < -0.3 is 4.74 Å². The lowest BCUT2D eigenvalue weighted by Gasteiger charge is -2.19. The van der Waals surface area contributed by atoms with Crippen molar-refractivity contribution in [1.29, 1.82) is 0 Å². The molecule has 0 fully saturated rings. The quantitative estimate of drug-likeness (QED) is 0.760. The molecule has 2 aromatic rings. The molecule has 0 spiro atoms. The van der Waals surface area contributed by atoms with Crippen LogP contribution in [0, 0.1) is 6.92 Å². The topological polar surface area (TPSA) is 29.5 Å². The fraction of sp³-hybridized carbons (Fsp3) is 0.278. The fourth-order valence-corrected chi connectivity index (χ4v) is 2.42. The summed E-state index contributed by atoms with van der Waals surface area (Å²) in [5, 5.41) is 0. The second kappa shape index (κ2) is 7.04. The van der Waals surface area contributed by atoms with E-state index >= 15 is 0 Å². The molecule has 2 aromatic carbocycles. The summed E-state index contributed by atoms with van der Waals surface area (Å²) in [4.78, 5) is 13.1. The molecule has 0 aliphatic heterocycles. The second-order valence-electron chi connectivity index (χ2n) is 5.29. The van der Waals surface area contributed by atoms with Crippen molar-refractivity contribution in [3.63, 3.8) is 0 Å². The molecule has 21 heavy (non-hydrogen) atoms. The minimum absolute atomic E-state index is 0.676. The van der Waals surface area contributed by atoms with E-state index in [0.29, 0.717) is 5.56 Å². The minimum Gasteiger partial charge on any atom is -0.496 e. The minimum atomic E-state index is 0.676. The van der Waals surface area contributed by atoms with Crippen LogP contribution in [0.5, 0.6) is 5.75 Å². The van der Waals surface area contributed by atoms with E-state index in [2.05, 4.69) is 43.1 Å². The third-order valence-electron chi connectivity index (χ3n) is 3.58. The van der Waals surface area contributed by atoms with Crippen molar-refractivity contribution < 1.29 is 9.53 Å². The maximum absolute atomic E-state index is 10.9. The largest absolute Gasteiger partial charge is 0.496 e. The van der Waals surface area contributed by atoms with Crippen molar-refractivity contribution in [2.45, 2.75) is 20.0 Å². The summed E-state index contributed by atoms with van der Waals surface area (Å²) in [6.07, 6.45) is 0.865. The fourth-order valence-electron chi connectivity index (χ4n) is 2.42. The molecule has 3 nitrogen and oxygen atoms in total. The zero-order valence-electron chi connectivity index (χ0n) is 12.8. The van der Waals surface area contributed by atoms with Crippen molar-refractivity contribution in [3.05, 3.63) is 64.7 Å². The van der Waals surface area contributed by atoms with Crippen LogP contribution in [0.15, 0.2) is 42.5 Å². The Hall–Kier alpha value is -2.13. The number of aryl methyl sites for hydroxylation is 1. The van der Waals surface area contributed by atoms with Crippen LogP contribution in [0.1, 0.15) is 27.0 Å². The van der Waals surface area contributed by atoms with Gasteiger partial charge in [0.25, 0.3) is 0 Å². The van der Waals surface area contributed by atoms with Crippen molar-refractivity contribution in [2.75, 3.05) is 14.2 Å². The number of hydrogen-bond donors (Lipinski definition) is 0. The van der Waals surface area contributed by atoms with Crippen molar-refractivity contribution in [3.8, 4) is 5.75 Å². The lowest BCUT2D eigenvalue weighted by molar-refractivity contribution is 0.112. The van der Waals surface area contributed by atoms with Crippen molar-refractivity contribution >= 4 is 6.29 Å². The Balaban J connectivity index is 2.14. The SMILES string of the molecule is COc1ccc(C=O)cc1CN(C)Cc1ccccc1C. The predicted octanol–water partition coefficient (Wildman–Crippen LogP) is 3.45. The van der Waals surface area contributed by atoms with Crippen LogP contribution in [-0.4, -0.2) is 25.3 Å². The molecule has 2 rings (SSSR count). The molecule has 0 bridgehead atoms. The molecule has 0 saturated heterocycles. The number of hydrogen-bond acceptors (Lipinski definition) is 3. The summed E-state index contributed by atoms with van der Waals surface area (Å²) in [6, 6.07) is 13.9. The molecule has 0 amide bonds. The summed E-state index contributed by atoms with van der Waals surface area (Å²) in [5.74, 6) is 0.817. The highest BCUT2D eigenvalue weighted by Crippen LogP contribution is 2.21. The molecule has 0 N–H and O–H groups in total. The number of carbonyl (C=O) groups is 1. The lowest BCUT2D eigenvalue weighted by atomic mass is 10.1. The summed E-state index contributed by atoms with van der Waals surface area (Å²) >= 11 is 0. The molecule has 0 heterocycles. The Morgan fingerprint density at radius 2 is 1.81 bits per heavy atom. The molecule has 0 aliphatic carbocycles. The van der Waals surface area contributed by atoms with E-state index < -0.39 is 0 Å². The molecule has 0 radical (unpaired) electrons. The summed E-state index contributed by atoms with van der Waals surface area (Å²) in [6.45, 7) is 3.72. The highest BCUT2D eigenvalue weighted by atomic mass is 16.5. The van der Waals surface area contributed by atoms with E-state index in [1.807, 2.05) is 12.1 Å². The molecule has 0 atom stereocenters. The van der Waals surface area contributed by atoms with Gasteiger partial charge in [0, 0.05) is 24.2 Å². The number of carbonyl (C=O) groups excluding carboxylic acids is 1. The number of ether oxygens (including phenoxy) is 1. The molecular weight excluding hydrogens is 262 g/mol. The van der Waals surface area contributed by atoms with E-state index in [1.54, 1.807) is 13.2 Å². The van der Waals surface area contributed by atoms with Gasteiger partial charge in [-0.15, -0.1) is 0 Å². The number of aldehydes is 1. The van der Waals surface area contributed by atoms with Crippen molar-refractivity contribution in [2.24, 2.45) is 0 Å². The molecule has 0 aromatic heterocycles. The van der Waals surface area contributed by atoms with Gasteiger partial charge in [0.1, 0.15) is 12.0 Å². The Kier molecular flexibility index (Phi) is 5.12. The number of rotatable bonds is 6. The van der Waals surface area contributed by atoms with Crippen LogP contribution in [0.25, 0.3) is 0 Å². The van der Waals surface area contributed by atoms with Crippen LogP contribution in [0.3, 0.4) is 0 Å². The van der Waals surface area contributed by atoms with E-state index in [4.69, 9.17) is 4.74 Å². The zero-order valence-corrected chi connectivity index (χ0v) is 12.8. The van der Waals surface area contributed by atoms with Gasteiger partial charge in [0.05, 0.1) is 7.11 Å². The predicted molar refractivity (Wildman–Crippen MR) is 84.7 cm³/mol. The average Bonchev–Trinajstić information content (AvgIpc) is 2.49. The maximum Gasteiger partial charge on any atom is 0.150 e. The van der Waals surface area contributed by atoms with Crippen LogP contribution in [0.4, 0.5) is 0 Å². The number of benzene rings is 2. The van der Waals surface area contributed by atoms with Crippen LogP contribution in [0.2, 0.25) is 0 Å². The Labute approximate surface area is 126 Å². The van der Waals surface area contributed by atoms with E-state index in [9.17, 15) is 4.79 Å². The van der Waals surface area contributed by atoms with Gasteiger partial charge in [-0.2, -0.15) is 0 Å². The standard InChI is InChI=1S/C18H21NO2/c1-14-6-4-5-7-16(14)11-19(2)12-17-10-15(13-20)8-9-18(17)21-3/h4-10,13H,11-12H2,1-3H3. The summed E-state index contributed by atoms with van der Waals surface area (Å²) < 4.78 is 5.38. The van der Waals surface area contributed by atoms with E-state index in [1.165, 1.54) is 11.1 Å². The first-order valence-electron chi connectivity index (χ1n) is 6.99. The van der Waals surface area contributed by atoms with Gasteiger partial charge in [-0.05, 0) is 43.3 Å². The van der Waals surface area contributed by atoms with Gasteiger partial charge in [-0.25, -0.2) is 0 Å². The van der Waals surface area contributed by atoms with Gasteiger partial charge in [-0.1, -0.05) is 24.3 Å². The summed E-state index contributed by atoms with van der Waals surface area (Å²) in [5.41, 5.74) is 4.30. The van der Waals surface area contributed by atoms with E-state index in [-0.39, 0.29) is 0 Å². The van der Waals surface area contributed by atoms with Gasteiger partial charge in [-0.3, -0.25) is 9.69 Å². The van der Waals surface area contributed by atoms with Gasteiger partial charge >= 0.3 is 0 Å². The first kappa shape index (κ1) is 15.3. The Morgan fingerprint density at radius 3 is 2.48 bits per heavy atom. The van der Waals surface area contributed by atoms with Crippen molar-refractivity contribution in [1.82, 2.24) is 4.90 Å². The first-order chi connectivity index (χ1) is 10.1. The Morgan fingerprint density at radius 1 is 1.10 bits per heavy atom. The monoisotopic (exact) mass is 283 g/mol. The van der Waals surface area contributed by atoms with Gasteiger partial charge in [0.2, 0.25) is 0 Å². The van der Waals surface area contributed by atoms with E-state index in [0.717, 1.165) is 30.7 Å². The third-order valence-corrected chi connectivity index (χ3v) is 3.58. The third kappa shape index (κ3) is 3.92. The lowest BCUT2D eigenvalue weighted by Crippen LogP contribution is -2.18. The molecule has 3 heteroatoms. The zero-order chi connectivity index (χ0) is 15.2. The molecular formula is C18H21NO2. The second-order valence-corrected chi connectivity index (χ2v) is 5.29. The number of nitrogens with zero attached hydrogens (tertiary/aromatic N) is 1. The molecule has 110 valence electrons. The molecule has 0 aliphatic rings. The summed E-state index contributed by atoms with van der Waals surface area (Å²) in [7, 11) is 3.72. The first-order valence-corrected chi connectivity index (χ1v) is 6.99. The molecule has 0 unspecified atom stereocenters. The van der Waals surface area contributed by atoms with Crippen LogP contribution < -0.4 is 4.74 Å². The smallest absolute Gasteiger partial charge is 0.150 e. The Bertz CT molecular complexity index is 622. The maximum atomic E-state index is 10.9. The van der Waals surface area contributed by atoms with Crippen LogP contribution >= 0.6 is 0 Å². The van der Waals surface area contributed by atoms with Gasteiger partial charge in [0.15, 0.2) is 0 Å².